The highest BCUT2D eigenvalue weighted by atomic mass is 19.1. The highest BCUT2D eigenvalue weighted by Crippen LogP contribution is 2.42. The van der Waals surface area contributed by atoms with Crippen LogP contribution < -0.4 is 9.64 Å². The van der Waals surface area contributed by atoms with Crippen molar-refractivity contribution in [2.45, 2.75) is 19.3 Å². The van der Waals surface area contributed by atoms with E-state index < -0.39 is 0 Å². The maximum Gasteiger partial charge on any atom is 0.227 e. The number of likely N-dealkylation sites (tertiary alicyclic amines) is 1. The van der Waals surface area contributed by atoms with Gasteiger partial charge in [-0.15, -0.1) is 0 Å². The van der Waals surface area contributed by atoms with Crippen LogP contribution >= 0.6 is 0 Å². The molecule has 2 aliphatic heterocycles. The Morgan fingerprint density at radius 2 is 1.96 bits per heavy atom. The largest absolute Gasteiger partial charge is 0.497 e. The molecule has 2 amide bonds. The standard InChI is InChI=1S/C22H23FN2O3/c1-28-19-7-5-16(6-8-19)11-20(26)24-10-9-22(14-24)13-21(27)25(15-22)18-4-2-3-17(23)12-18/h2-8,12H,9-11,13-15H2,1H3. The number of benzene rings is 2. The maximum atomic E-state index is 13.5. The fourth-order valence-corrected chi connectivity index (χ4v) is 4.23. The minimum atomic E-state index is -0.353. The van der Waals surface area contributed by atoms with Crippen LogP contribution in [0.1, 0.15) is 18.4 Å². The molecule has 0 saturated carbocycles. The summed E-state index contributed by atoms with van der Waals surface area (Å²) in [6, 6.07) is 13.6. The molecule has 0 radical (unpaired) electrons. The van der Waals surface area contributed by atoms with Gasteiger partial charge in [0.2, 0.25) is 11.8 Å². The van der Waals surface area contributed by atoms with Gasteiger partial charge in [-0.25, -0.2) is 4.39 Å². The Morgan fingerprint density at radius 1 is 1.18 bits per heavy atom. The van der Waals surface area contributed by atoms with Gasteiger partial charge in [0.25, 0.3) is 0 Å². The Balaban J connectivity index is 1.41. The van der Waals surface area contributed by atoms with E-state index in [2.05, 4.69) is 0 Å². The van der Waals surface area contributed by atoms with Crippen molar-refractivity contribution in [3.8, 4) is 5.75 Å². The van der Waals surface area contributed by atoms with Gasteiger partial charge in [-0.1, -0.05) is 18.2 Å². The SMILES string of the molecule is COc1ccc(CC(=O)N2CCC3(CC(=O)N(c4cccc(F)c4)C3)C2)cc1. The van der Waals surface area contributed by atoms with Crippen molar-refractivity contribution < 1.29 is 18.7 Å². The number of amides is 2. The molecular formula is C22H23FN2O3. The van der Waals surface area contributed by atoms with E-state index in [1.165, 1.54) is 12.1 Å². The first-order chi connectivity index (χ1) is 13.5. The van der Waals surface area contributed by atoms with E-state index in [1.54, 1.807) is 24.1 Å². The quantitative estimate of drug-likeness (QED) is 0.817. The molecule has 1 atom stereocenters. The molecule has 4 rings (SSSR count). The zero-order chi connectivity index (χ0) is 19.7. The summed E-state index contributed by atoms with van der Waals surface area (Å²) in [5.74, 6) is 0.473. The molecule has 2 heterocycles. The zero-order valence-electron chi connectivity index (χ0n) is 15.9. The van der Waals surface area contributed by atoms with Crippen molar-refractivity contribution in [3.05, 3.63) is 59.9 Å². The Labute approximate surface area is 163 Å². The Kier molecular flexibility index (Phi) is 4.79. The molecule has 2 fully saturated rings. The predicted octanol–water partition coefficient (Wildman–Crippen LogP) is 3.03. The molecule has 146 valence electrons. The lowest BCUT2D eigenvalue weighted by Gasteiger charge is -2.24. The summed E-state index contributed by atoms with van der Waals surface area (Å²) in [6.07, 6.45) is 1.52. The normalized spacial score (nSPS) is 21.6. The summed E-state index contributed by atoms with van der Waals surface area (Å²) >= 11 is 0. The lowest BCUT2D eigenvalue weighted by molar-refractivity contribution is -0.130. The van der Waals surface area contributed by atoms with Crippen LogP contribution in [0.15, 0.2) is 48.5 Å². The van der Waals surface area contributed by atoms with Gasteiger partial charge >= 0.3 is 0 Å². The lowest BCUT2D eigenvalue weighted by Crippen LogP contribution is -2.35. The average molecular weight is 382 g/mol. The molecule has 5 nitrogen and oxygen atoms in total. The number of rotatable bonds is 4. The molecule has 0 N–H and O–H groups in total. The smallest absolute Gasteiger partial charge is 0.227 e. The predicted molar refractivity (Wildman–Crippen MR) is 104 cm³/mol. The van der Waals surface area contributed by atoms with Crippen LogP contribution in [0.3, 0.4) is 0 Å². The van der Waals surface area contributed by atoms with Crippen LogP contribution in [0.4, 0.5) is 10.1 Å². The molecule has 1 spiro atoms. The van der Waals surface area contributed by atoms with Crippen molar-refractivity contribution in [2.24, 2.45) is 5.41 Å². The first-order valence-corrected chi connectivity index (χ1v) is 9.45. The highest BCUT2D eigenvalue weighted by Gasteiger charge is 2.48. The van der Waals surface area contributed by atoms with E-state index in [-0.39, 0.29) is 23.0 Å². The second-order valence-electron chi connectivity index (χ2n) is 7.73. The van der Waals surface area contributed by atoms with E-state index in [4.69, 9.17) is 4.74 Å². The van der Waals surface area contributed by atoms with Gasteiger partial charge < -0.3 is 14.5 Å². The lowest BCUT2D eigenvalue weighted by atomic mass is 9.86. The van der Waals surface area contributed by atoms with Crippen molar-refractivity contribution in [3.63, 3.8) is 0 Å². The van der Waals surface area contributed by atoms with Gasteiger partial charge in [0.1, 0.15) is 11.6 Å². The Bertz CT molecular complexity index is 899. The number of hydrogen-bond donors (Lipinski definition) is 0. The summed E-state index contributed by atoms with van der Waals surface area (Å²) in [7, 11) is 1.61. The second-order valence-corrected chi connectivity index (χ2v) is 7.73. The summed E-state index contributed by atoms with van der Waals surface area (Å²) in [5.41, 5.74) is 1.29. The molecule has 28 heavy (non-hydrogen) atoms. The molecule has 2 aromatic rings. The number of ether oxygens (including phenoxy) is 1. The number of hydrogen-bond acceptors (Lipinski definition) is 3. The van der Waals surface area contributed by atoms with Gasteiger partial charge in [-0.05, 0) is 42.3 Å². The molecule has 0 aliphatic carbocycles. The number of anilines is 1. The number of carbonyl (C=O) groups excluding carboxylic acids is 2. The van der Waals surface area contributed by atoms with Crippen LogP contribution in [0.5, 0.6) is 5.75 Å². The van der Waals surface area contributed by atoms with Crippen molar-refractivity contribution in [2.75, 3.05) is 31.6 Å². The Morgan fingerprint density at radius 3 is 2.68 bits per heavy atom. The molecular weight excluding hydrogens is 359 g/mol. The minimum Gasteiger partial charge on any atom is -0.497 e. The summed E-state index contributed by atoms with van der Waals surface area (Å²) < 4.78 is 18.7. The topological polar surface area (TPSA) is 49.9 Å². The molecule has 0 bridgehead atoms. The van der Waals surface area contributed by atoms with Crippen molar-refractivity contribution >= 4 is 17.5 Å². The third kappa shape index (κ3) is 3.59. The minimum absolute atomic E-state index is 0.00458. The van der Waals surface area contributed by atoms with Crippen molar-refractivity contribution in [1.29, 1.82) is 0 Å². The van der Waals surface area contributed by atoms with Crippen molar-refractivity contribution in [1.82, 2.24) is 4.90 Å². The molecule has 1 unspecified atom stereocenters. The number of halogens is 1. The average Bonchev–Trinajstić information content (AvgIpc) is 3.25. The van der Waals surface area contributed by atoms with E-state index in [1.807, 2.05) is 29.2 Å². The van der Waals surface area contributed by atoms with Gasteiger partial charge in [0.15, 0.2) is 0 Å². The van der Waals surface area contributed by atoms with Crippen LogP contribution in [-0.4, -0.2) is 43.5 Å². The fraction of sp³-hybridized carbons (Fsp3) is 0.364. The van der Waals surface area contributed by atoms with Crippen LogP contribution in [-0.2, 0) is 16.0 Å². The maximum absolute atomic E-state index is 13.5. The summed E-state index contributed by atoms with van der Waals surface area (Å²) in [4.78, 5) is 28.8. The van der Waals surface area contributed by atoms with E-state index in [9.17, 15) is 14.0 Å². The van der Waals surface area contributed by atoms with Crippen LogP contribution in [0, 0.1) is 11.2 Å². The highest BCUT2D eigenvalue weighted by molar-refractivity contribution is 5.96. The molecule has 2 aromatic carbocycles. The fourth-order valence-electron chi connectivity index (χ4n) is 4.23. The number of nitrogens with zero attached hydrogens (tertiary/aromatic N) is 2. The van der Waals surface area contributed by atoms with Crippen LogP contribution in [0.25, 0.3) is 0 Å². The van der Waals surface area contributed by atoms with Gasteiger partial charge in [-0.3, -0.25) is 9.59 Å². The van der Waals surface area contributed by atoms with E-state index in [0.717, 1.165) is 17.7 Å². The molecule has 2 aliphatic rings. The third-order valence-electron chi connectivity index (χ3n) is 5.75. The monoisotopic (exact) mass is 382 g/mol. The number of methoxy groups -OCH3 is 1. The zero-order valence-corrected chi connectivity index (χ0v) is 15.9. The van der Waals surface area contributed by atoms with Crippen LogP contribution in [0.2, 0.25) is 0 Å². The van der Waals surface area contributed by atoms with Gasteiger partial charge in [0.05, 0.1) is 13.5 Å². The second kappa shape index (κ2) is 7.26. The first-order valence-electron chi connectivity index (χ1n) is 9.45. The van der Waals surface area contributed by atoms with E-state index in [0.29, 0.717) is 38.2 Å². The first kappa shape index (κ1) is 18.5. The van der Waals surface area contributed by atoms with Gasteiger partial charge in [0, 0.05) is 37.2 Å². The van der Waals surface area contributed by atoms with Gasteiger partial charge in [-0.2, -0.15) is 0 Å². The summed E-state index contributed by atoms with van der Waals surface area (Å²) in [6.45, 7) is 1.75. The van der Waals surface area contributed by atoms with E-state index >= 15 is 0 Å². The third-order valence-corrected chi connectivity index (χ3v) is 5.75. The Hall–Kier alpha value is -2.89. The molecule has 6 heteroatoms. The number of carbonyl (C=O) groups is 2. The molecule has 2 saturated heterocycles. The molecule has 0 aromatic heterocycles. The summed E-state index contributed by atoms with van der Waals surface area (Å²) in [5, 5.41) is 0.